The summed E-state index contributed by atoms with van der Waals surface area (Å²) in [5.74, 6) is 8.53. The van der Waals surface area contributed by atoms with E-state index in [4.69, 9.17) is 14.2 Å². The summed E-state index contributed by atoms with van der Waals surface area (Å²) < 4.78 is 17.0. The molecule has 0 aromatic carbocycles. The number of esters is 1. The number of carbonyl (C=O) groups excluding carboxylic acids is 2. The van der Waals surface area contributed by atoms with Gasteiger partial charge in [-0.2, -0.15) is 0 Å². The Kier molecular flexibility index (Phi) is 9.67. The van der Waals surface area contributed by atoms with E-state index in [2.05, 4.69) is 64.8 Å². The number of rotatable bonds is 5. The summed E-state index contributed by atoms with van der Waals surface area (Å²) in [5, 5.41) is 0. The fraction of sp³-hybridized carbons (Fsp3) is 0.769. The van der Waals surface area contributed by atoms with Gasteiger partial charge in [-0.05, 0) is 69.0 Å². The largest absolute Gasteiger partial charge is 0.447 e. The predicted molar refractivity (Wildman–Crippen MR) is 134 cm³/mol. The highest BCUT2D eigenvalue weighted by atomic mass is 28.3. The molecular formula is C26H43NO5Si. The van der Waals surface area contributed by atoms with Crippen LogP contribution in [0.15, 0.2) is 0 Å². The first-order valence-electron chi connectivity index (χ1n) is 11.8. The lowest BCUT2D eigenvalue weighted by Crippen LogP contribution is -2.53. The van der Waals surface area contributed by atoms with Gasteiger partial charge in [0.2, 0.25) is 0 Å². The van der Waals surface area contributed by atoms with Gasteiger partial charge in [0.1, 0.15) is 25.4 Å². The molecule has 7 heteroatoms. The van der Waals surface area contributed by atoms with Crippen LogP contribution in [0.25, 0.3) is 0 Å². The van der Waals surface area contributed by atoms with Crippen molar-refractivity contribution in [3.63, 3.8) is 0 Å². The monoisotopic (exact) mass is 477 g/mol. The van der Waals surface area contributed by atoms with Gasteiger partial charge in [-0.15, -0.1) is 5.54 Å². The molecule has 0 aromatic rings. The van der Waals surface area contributed by atoms with Crippen LogP contribution in [0.3, 0.4) is 0 Å². The second-order valence-corrected chi connectivity index (χ2v) is 16.7. The number of carbonyl (C=O) groups is 2. The molecule has 1 aliphatic rings. The van der Waals surface area contributed by atoms with Gasteiger partial charge >= 0.3 is 12.1 Å². The first-order chi connectivity index (χ1) is 15.0. The SMILES string of the molecule is CC(=O)O[C@H](C#CC#C[Si](C(C)C)(C(C)C)C(C)C)[C@@H]1COC(C)(C)N1C(=O)OC(C)(C)C. The van der Waals surface area contributed by atoms with Crippen molar-refractivity contribution in [3.8, 4) is 23.3 Å². The quantitative estimate of drug-likeness (QED) is 0.297. The molecule has 0 aliphatic carbocycles. The molecule has 1 rings (SSSR count). The summed E-state index contributed by atoms with van der Waals surface area (Å²) in [4.78, 5) is 26.3. The average Bonchev–Trinajstić information content (AvgIpc) is 2.93. The first-order valence-corrected chi connectivity index (χ1v) is 14.0. The van der Waals surface area contributed by atoms with Gasteiger partial charge in [0.25, 0.3) is 0 Å². The Morgan fingerprint density at radius 3 is 1.97 bits per heavy atom. The summed E-state index contributed by atoms with van der Waals surface area (Å²) in [5.41, 5.74) is 3.42. The molecule has 0 radical (unpaired) electrons. The van der Waals surface area contributed by atoms with Gasteiger partial charge < -0.3 is 14.2 Å². The summed E-state index contributed by atoms with van der Waals surface area (Å²) >= 11 is 0. The minimum Gasteiger partial charge on any atom is -0.447 e. The van der Waals surface area contributed by atoms with Gasteiger partial charge in [0.15, 0.2) is 6.10 Å². The van der Waals surface area contributed by atoms with E-state index in [1.165, 1.54) is 11.8 Å². The summed E-state index contributed by atoms with van der Waals surface area (Å²) in [6, 6.07) is -0.602. The molecular weight excluding hydrogens is 434 g/mol. The zero-order valence-electron chi connectivity index (χ0n) is 22.6. The third-order valence-electron chi connectivity index (χ3n) is 6.17. The minimum absolute atomic E-state index is 0.176. The van der Waals surface area contributed by atoms with Crippen LogP contribution in [-0.4, -0.2) is 55.1 Å². The topological polar surface area (TPSA) is 65.1 Å². The fourth-order valence-corrected chi connectivity index (χ4v) is 9.93. The van der Waals surface area contributed by atoms with Gasteiger partial charge in [-0.3, -0.25) is 9.69 Å². The van der Waals surface area contributed by atoms with Crippen LogP contribution in [0.5, 0.6) is 0 Å². The van der Waals surface area contributed by atoms with Crippen LogP contribution in [0.1, 0.15) is 83.1 Å². The summed E-state index contributed by atoms with van der Waals surface area (Å²) in [7, 11) is -1.92. The molecule has 1 saturated heterocycles. The smallest absolute Gasteiger partial charge is 0.413 e. The van der Waals surface area contributed by atoms with Crippen LogP contribution in [-0.2, 0) is 19.0 Å². The highest BCUT2D eigenvalue weighted by molar-refractivity contribution is 6.90. The van der Waals surface area contributed by atoms with Crippen molar-refractivity contribution in [2.45, 2.75) is 123 Å². The molecule has 0 spiro atoms. The highest BCUT2D eigenvalue weighted by Gasteiger charge is 2.49. The molecule has 6 nitrogen and oxygen atoms in total. The molecule has 1 amide bonds. The molecule has 2 atom stereocenters. The molecule has 1 fully saturated rings. The zero-order chi connectivity index (χ0) is 25.8. The lowest BCUT2D eigenvalue weighted by atomic mass is 10.1. The maximum absolute atomic E-state index is 13.0. The number of ether oxygens (including phenoxy) is 3. The Morgan fingerprint density at radius 2 is 1.55 bits per heavy atom. The Bertz CT molecular complexity index is 811. The van der Waals surface area contributed by atoms with Crippen LogP contribution in [0.2, 0.25) is 16.6 Å². The van der Waals surface area contributed by atoms with E-state index in [-0.39, 0.29) is 6.61 Å². The maximum atomic E-state index is 13.0. The Hall–Kier alpha value is -1.96. The highest BCUT2D eigenvalue weighted by Crippen LogP contribution is 2.40. The number of hydrogen-bond donors (Lipinski definition) is 0. The van der Waals surface area contributed by atoms with Crippen LogP contribution in [0.4, 0.5) is 4.79 Å². The van der Waals surface area contributed by atoms with Crippen LogP contribution < -0.4 is 0 Å². The van der Waals surface area contributed by atoms with Crippen molar-refractivity contribution in [2.75, 3.05) is 6.61 Å². The number of nitrogens with zero attached hydrogens (tertiary/aromatic N) is 1. The third-order valence-corrected chi connectivity index (χ3v) is 12.5. The molecule has 1 aliphatic heterocycles. The van der Waals surface area contributed by atoms with E-state index in [1.54, 1.807) is 34.6 Å². The minimum atomic E-state index is -1.92. The second-order valence-electron chi connectivity index (χ2n) is 11.1. The molecule has 33 heavy (non-hydrogen) atoms. The average molecular weight is 478 g/mol. The first kappa shape index (κ1) is 29.1. The molecule has 0 aromatic heterocycles. The van der Waals surface area contributed by atoms with Crippen molar-refractivity contribution in [3.05, 3.63) is 0 Å². The van der Waals surface area contributed by atoms with Gasteiger partial charge in [-0.25, -0.2) is 4.79 Å². The Balaban J connectivity index is 3.36. The van der Waals surface area contributed by atoms with E-state index in [0.717, 1.165) is 0 Å². The predicted octanol–water partition coefficient (Wildman–Crippen LogP) is 5.51. The molecule has 0 saturated carbocycles. The van der Waals surface area contributed by atoms with E-state index in [0.29, 0.717) is 16.6 Å². The Labute approximate surface area is 202 Å². The van der Waals surface area contributed by atoms with Crippen molar-refractivity contribution in [1.29, 1.82) is 0 Å². The third kappa shape index (κ3) is 7.26. The molecule has 0 bridgehead atoms. The standard InChI is InChI=1S/C26H43NO5Si/c1-18(2)33(19(3)4,20(5)6)16-14-13-15-23(31-21(7)28)22-17-30-26(11,12)27(22)24(29)32-25(8,9)10/h18-20,22-23H,17H2,1-12H3/t22-,23+/m0/s1. The fourth-order valence-electron chi connectivity index (χ4n) is 4.78. The maximum Gasteiger partial charge on any atom is 0.413 e. The summed E-state index contributed by atoms with van der Waals surface area (Å²) in [6.07, 6.45) is -1.41. The lowest BCUT2D eigenvalue weighted by molar-refractivity contribution is -0.146. The van der Waals surface area contributed by atoms with Gasteiger partial charge in [-0.1, -0.05) is 41.5 Å². The van der Waals surface area contributed by atoms with E-state index >= 15 is 0 Å². The molecule has 1 heterocycles. The van der Waals surface area contributed by atoms with Gasteiger partial charge in [0, 0.05) is 6.92 Å². The van der Waals surface area contributed by atoms with Crippen molar-refractivity contribution >= 4 is 20.1 Å². The van der Waals surface area contributed by atoms with Crippen molar-refractivity contribution < 1.29 is 23.8 Å². The summed E-state index contributed by atoms with van der Waals surface area (Å²) in [6.45, 7) is 23.9. The van der Waals surface area contributed by atoms with Crippen molar-refractivity contribution in [2.24, 2.45) is 0 Å². The van der Waals surface area contributed by atoms with Crippen LogP contribution in [0, 0.1) is 23.3 Å². The van der Waals surface area contributed by atoms with E-state index in [9.17, 15) is 9.59 Å². The molecule has 0 N–H and O–H groups in total. The van der Waals surface area contributed by atoms with E-state index < -0.39 is 43.6 Å². The number of hydrogen-bond acceptors (Lipinski definition) is 5. The Morgan fingerprint density at radius 1 is 1.03 bits per heavy atom. The number of amides is 1. The van der Waals surface area contributed by atoms with Gasteiger partial charge in [0.05, 0.1) is 6.61 Å². The lowest BCUT2D eigenvalue weighted by Gasteiger charge is -2.37. The second kappa shape index (κ2) is 11.0. The zero-order valence-corrected chi connectivity index (χ0v) is 23.6. The molecule has 186 valence electrons. The normalized spacial score (nSPS) is 19.0. The van der Waals surface area contributed by atoms with Crippen LogP contribution >= 0.6 is 0 Å². The van der Waals surface area contributed by atoms with Crippen molar-refractivity contribution in [1.82, 2.24) is 4.90 Å². The van der Waals surface area contributed by atoms with E-state index in [1.807, 2.05) is 0 Å². The molecule has 0 unspecified atom stereocenters.